The van der Waals surface area contributed by atoms with Gasteiger partial charge in [0.25, 0.3) is 5.91 Å². The van der Waals surface area contributed by atoms with Gasteiger partial charge in [-0.25, -0.2) is 4.98 Å². The highest BCUT2D eigenvalue weighted by Crippen LogP contribution is 2.15. The van der Waals surface area contributed by atoms with Crippen LogP contribution in [0.15, 0.2) is 36.9 Å². The van der Waals surface area contributed by atoms with Gasteiger partial charge in [-0.3, -0.25) is 14.8 Å². The Morgan fingerprint density at radius 2 is 2.32 bits per heavy atom. The van der Waals surface area contributed by atoms with Gasteiger partial charge in [-0.15, -0.1) is 0 Å². The molecule has 0 aliphatic carbocycles. The van der Waals surface area contributed by atoms with Crippen molar-refractivity contribution in [1.29, 1.82) is 0 Å². The van der Waals surface area contributed by atoms with Gasteiger partial charge >= 0.3 is 0 Å². The number of nitrogens with zero attached hydrogens (tertiary/aromatic N) is 3. The maximum absolute atomic E-state index is 12.1. The van der Waals surface area contributed by atoms with Gasteiger partial charge in [0.2, 0.25) is 5.88 Å². The van der Waals surface area contributed by atoms with Gasteiger partial charge in [-0.2, -0.15) is 0 Å². The first-order valence-corrected chi connectivity index (χ1v) is 7.05. The Labute approximate surface area is 127 Å². The van der Waals surface area contributed by atoms with E-state index in [4.69, 9.17) is 9.47 Å². The molecule has 1 fully saturated rings. The Hall–Kier alpha value is -2.54. The van der Waals surface area contributed by atoms with Crippen molar-refractivity contribution in [2.75, 3.05) is 13.2 Å². The molecule has 1 aliphatic heterocycles. The fourth-order valence-corrected chi connectivity index (χ4v) is 2.09. The van der Waals surface area contributed by atoms with Gasteiger partial charge in [0, 0.05) is 36.6 Å². The van der Waals surface area contributed by atoms with Gasteiger partial charge < -0.3 is 14.8 Å². The molecule has 0 saturated carbocycles. The maximum atomic E-state index is 12.1. The van der Waals surface area contributed by atoms with Crippen molar-refractivity contribution in [3.63, 3.8) is 0 Å². The van der Waals surface area contributed by atoms with Crippen LogP contribution in [0.5, 0.6) is 5.88 Å². The lowest BCUT2D eigenvalue weighted by molar-refractivity contribution is 0.0949. The van der Waals surface area contributed by atoms with E-state index in [-0.39, 0.29) is 12.0 Å². The monoisotopic (exact) mass is 300 g/mol. The van der Waals surface area contributed by atoms with Crippen LogP contribution in [0.2, 0.25) is 0 Å². The lowest BCUT2D eigenvalue weighted by atomic mass is 10.2. The van der Waals surface area contributed by atoms with Crippen LogP contribution in [0.4, 0.5) is 0 Å². The molecule has 1 amide bonds. The first-order valence-electron chi connectivity index (χ1n) is 7.05. The SMILES string of the molecule is O=C(NCc1cnccn1)c1ccnc(OC2CCOC2)c1. The fourth-order valence-electron chi connectivity index (χ4n) is 2.09. The summed E-state index contributed by atoms with van der Waals surface area (Å²) in [5.74, 6) is 0.225. The van der Waals surface area contributed by atoms with Gasteiger partial charge in [-0.1, -0.05) is 0 Å². The highest BCUT2D eigenvalue weighted by atomic mass is 16.5. The minimum Gasteiger partial charge on any atom is -0.472 e. The minimum atomic E-state index is -0.208. The molecule has 3 rings (SSSR count). The Balaban J connectivity index is 1.59. The quantitative estimate of drug-likeness (QED) is 0.885. The molecule has 114 valence electrons. The molecule has 0 aromatic carbocycles. The Morgan fingerprint density at radius 1 is 1.36 bits per heavy atom. The molecule has 1 unspecified atom stereocenters. The largest absolute Gasteiger partial charge is 0.472 e. The van der Waals surface area contributed by atoms with Crippen LogP contribution < -0.4 is 10.1 Å². The molecule has 3 heterocycles. The number of carbonyl (C=O) groups is 1. The van der Waals surface area contributed by atoms with Crippen molar-refractivity contribution in [2.24, 2.45) is 0 Å². The van der Waals surface area contributed by atoms with Crippen molar-refractivity contribution < 1.29 is 14.3 Å². The predicted octanol–water partition coefficient (Wildman–Crippen LogP) is 0.969. The van der Waals surface area contributed by atoms with E-state index in [1.165, 1.54) is 0 Å². The third-order valence-corrected chi connectivity index (χ3v) is 3.22. The molecule has 2 aromatic rings. The first-order chi connectivity index (χ1) is 10.8. The number of ether oxygens (including phenoxy) is 2. The van der Waals surface area contributed by atoms with Crippen LogP contribution in [0.3, 0.4) is 0 Å². The van der Waals surface area contributed by atoms with Crippen LogP contribution in [0.1, 0.15) is 22.5 Å². The van der Waals surface area contributed by atoms with E-state index in [0.29, 0.717) is 36.9 Å². The smallest absolute Gasteiger partial charge is 0.251 e. The molecular weight excluding hydrogens is 284 g/mol. The van der Waals surface area contributed by atoms with E-state index in [1.807, 2.05) is 0 Å². The summed E-state index contributed by atoms with van der Waals surface area (Å²) in [7, 11) is 0. The molecule has 7 heteroatoms. The summed E-state index contributed by atoms with van der Waals surface area (Å²) >= 11 is 0. The molecule has 0 radical (unpaired) electrons. The van der Waals surface area contributed by atoms with Crippen LogP contribution in [0, 0.1) is 0 Å². The topological polar surface area (TPSA) is 86.2 Å². The standard InChI is InChI=1S/C15H16N4O3/c20-15(19-9-12-8-16-4-5-17-12)11-1-3-18-14(7-11)22-13-2-6-21-10-13/h1,3-5,7-8,13H,2,6,9-10H2,(H,19,20). The highest BCUT2D eigenvalue weighted by Gasteiger charge is 2.18. The second kappa shape index (κ2) is 6.95. The summed E-state index contributed by atoms with van der Waals surface area (Å²) in [6, 6.07) is 3.27. The summed E-state index contributed by atoms with van der Waals surface area (Å²) in [6.45, 7) is 1.58. The molecule has 2 aromatic heterocycles. The van der Waals surface area contributed by atoms with Crippen molar-refractivity contribution in [3.8, 4) is 5.88 Å². The zero-order chi connectivity index (χ0) is 15.2. The molecule has 22 heavy (non-hydrogen) atoms. The van der Waals surface area contributed by atoms with E-state index >= 15 is 0 Å². The summed E-state index contributed by atoms with van der Waals surface area (Å²) in [6.07, 6.45) is 7.19. The zero-order valence-corrected chi connectivity index (χ0v) is 11.9. The Morgan fingerprint density at radius 3 is 3.09 bits per heavy atom. The Kier molecular flexibility index (Phi) is 4.55. The molecule has 1 atom stereocenters. The lowest BCUT2D eigenvalue weighted by Crippen LogP contribution is -2.23. The summed E-state index contributed by atoms with van der Waals surface area (Å²) in [5.41, 5.74) is 1.19. The van der Waals surface area contributed by atoms with E-state index < -0.39 is 0 Å². The predicted molar refractivity (Wildman–Crippen MR) is 77.3 cm³/mol. The van der Waals surface area contributed by atoms with Crippen LogP contribution >= 0.6 is 0 Å². The van der Waals surface area contributed by atoms with Crippen molar-refractivity contribution in [1.82, 2.24) is 20.3 Å². The van der Waals surface area contributed by atoms with E-state index in [1.54, 1.807) is 36.9 Å². The fraction of sp³-hybridized carbons (Fsp3) is 0.333. The first kappa shape index (κ1) is 14.4. The summed E-state index contributed by atoms with van der Waals surface area (Å²) in [5, 5.41) is 2.79. The maximum Gasteiger partial charge on any atom is 0.251 e. The highest BCUT2D eigenvalue weighted by molar-refractivity contribution is 5.94. The third kappa shape index (κ3) is 3.76. The number of pyridine rings is 1. The van der Waals surface area contributed by atoms with Crippen LogP contribution in [-0.4, -0.2) is 40.2 Å². The average Bonchev–Trinajstić information content (AvgIpc) is 3.07. The average molecular weight is 300 g/mol. The summed E-state index contributed by atoms with van der Waals surface area (Å²) < 4.78 is 10.9. The number of hydrogen-bond acceptors (Lipinski definition) is 6. The molecular formula is C15H16N4O3. The van der Waals surface area contributed by atoms with E-state index in [2.05, 4.69) is 20.3 Å². The van der Waals surface area contributed by atoms with Gasteiger partial charge in [-0.05, 0) is 6.07 Å². The number of rotatable bonds is 5. The minimum absolute atomic E-state index is 0.00500. The second-order valence-electron chi connectivity index (χ2n) is 4.87. The third-order valence-electron chi connectivity index (χ3n) is 3.22. The number of nitrogens with one attached hydrogen (secondary N) is 1. The van der Waals surface area contributed by atoms with Crippen molar-refractivity contribution in [3.05, 3.63) is 48.2 Å². The number of hydrogen-bond donors (Lipinski definition) is 1. The number of aromatic nitrogens is 3. The van der Waals surface area contributed by atoms with E-state index in [9.17, 15) is 4.79 Å². The summed E-state index contributed by atoms with van der Waals surface area (Å²) in [4.78, 5) is 24.3. The molecule has 0 spiro atoms. The number of carbonyl (C=O) groups excluding carboxylic acids is 1. The van der Waals surface area contributed by atoms with Gasteiger partial charge in [0.15, 0.2) is 0 Å². The second-order valence-corrected chi connectivity index (χ2v) is 4.87. The molecule has 1 saturated heterocycles. The van der Waals surface area contributed by atoms with Crippen molar-refractivity contribution in [2.45, 2.75) is 19.1 Å². The molecule has 0 bridgehead atoms. The Bertz CT molecular complexity index is 630. The van der Waals surface area contributed by atoms with Crippen LogP contribution in [-0.2, 0) is 11.3 Å². The van der Waals surface area contributed by atoms with E-state index in [0.717, 1.165) is 6.42 Å². The molecule has 7 nitrogen and oxygen atoms in total. The number of amides is 1. The zero-order valence-electron chi connectivity index (χ0n) is 11.9. The van der Waals surface area contributed by atoms with Gasteiger partial charge in [0.05, 0.1) is 31.6 Å². The van der Waals surface area contributed by atoms with Crippen molar-refractivity contribution >= 4 is 5.91 Å². The van der Waals surface area contributed by atoms with Gasteiger partial charge in [0.1, 0.15) is 6.10 Å². The molecule has 1 N–H and O–H groups in total. The lowest BCUT2D eigenvalue weighted by Gasteiger charge is -2.11. The normalized spacial score (nSPS) is 17.2. The molecule has 1 aliphatic rings. The van der Waals surface area contributed by atoms with Crippen LogP contribution in [0.25, 0.3) is 0 Å².